The first-order valence-corrected chi connectivity index (χ1v) is 3.75. The molecule has 0 aliphatic carbocycles. The molecule has 4 nitrogen and oxygen atoms in total. The highest BCUT2D eigenvalue weighted by molar-refractivity contribution is 5.90. The fourth-order valence-electron chi connectivity index (χ4n) is 0.883. The number of esters is 1. The minimum atomic E-state index is -0.892. The Morgan fingerprint density at radius 1 is 1.64 bits per heavy atom. The van der Waals surface area contributed by atoms with Crippen LogP contribution in [0.2, 0.25) is 0 Å². The number of carbonyl (C=O) groups is 1. The number of nitrogens with zero attached hydrogens (tertiary/aromatic N) is 1. The topological polar surface area (TPSA) is 76.1 Å². The van der Waals surface area contributed by atoms with Crippen molar-refractivity contribution >= 4 is 11.7 Å². The molecule has 0 bridgehead atoms. The lowest BCUT2D eigenvalue weighted by atomic mass is 10.2. The first kappa shape index (κ1) is 9.99. The molecule has 0 unspecified atom stereocenters. The summed E-state index contributed by atoms with van der Waals surface area (Å²) >= 11 is 0. The number of benzene rings is 1. The molecule has 1 rings (SSSR count). The van der Waals surface area contributed by atoms with Gasteiger partial charge < -0.3 is 10.5 Å². The fraction of sp³-hybridized carbons (Fsp3) is 0.111. The highest BCUT2D eigenvalue weighted by atomic mass is 19.1. The molecule has 72 valence electrons. The lowest BCUT2D eigenvalue weighted by Gasteiger charge is -2.03. The Hall–Kier alpha value is -2.09. The van der Waals surface area contributed by atoms with Gasteiger partial charge in [0.05, 0.1) is 11.3 Å². The van der Waals surface area contributed by atoms with E-state index in [1.807, 2.05) is 0 Å². The van der Waals surface area contributed by atoms with Gasteiger partial charge in [-0.15, -0.1) is 0 Å². The molecule has 1 aromatic rings. The third kappa shape index (κ3) is 1.98. The number of halogens is 1. The molecule has 0 fully saturated rings. The summed E-state index contributed by atoms with van der Waals surface area (Å²) in [6.45, 7) is -0.410. The third-order valence-electron chi connectivity index (χ3n) is 1.52. The van der Waals surface area contributed by atoms with Crippen molar-refractivity contribution in [3.63, 3.8) is 0 Å². The van der Waals surface area contributed by atoms with Crippen LogP contribution in [-0.4, -0.2) is 12.6 Å². The van der Waals surface area contributed by atoms with Crippen molar-refractivity contribution in [2.45, 2.75) is 0 Å². The molecule has 0 saturated heterocycles. The van der Waals surface area contributed by atoms with Crippen molar-refractivity contribution < 1.29 is 13.9 Å². The summed E-state index contributed by atoms with van der Waals surface area (Å²) in [4.78, 5) is 11.1. The molecule has 0 spiro atoms. The molecular formula is C9H7FN2O2. The Bertz CT molecular complexity index is 398. The number of hydrogen-bond acceptors (Lipinski definition) is 4. The van der Waals surface area contributed by atoms with Crippen LogP contribution in [0.5, 0.6) is 0 Å². The number of nitrogens with two attached hydrogens (primary N) is 1. The molecule has 0 aliphatic rings. The van der Waals surface area contributed by atoms with Gasteiger partial charge in [-0.2, -0.15) is 5.26 Å². The Morgan fingerprint density at radius 3 is 3.00 bits per heavy atom. The van der Waals surface area contributed by atoms with Crippen LogP contribution in [0.4, 0.5) is 10.1 Å². The normalized spacial score (nSPS) is 9.14. The molecule has 0 aromatic heterocycles. The van der Waals surface area contributed by atoms with Crippen LogP contribution in [0.15, 0.2) is 18.2 Å². The molecule has 0 atom stereocenters. The second kappa shape index (κ2) is 4.23. The van der Waals surface area contributed by atoms with Crippen molar-refractivity contribution in [3.05, 3.63) is 29.6 Å². The lowest BCUT2D eigenvalue weighted by molar-refractivity contribution is 0.0550. The molecule has 14 heavy (non-hydrogen) atoms. The average molecular weight is 194 g/mol. The van der Waals surface area contributed by atoms with Gasteiger partial charge in [-0.1, -0.05) is 6.07 Å². The Balaban J connectivity index is 2.91. The lowest BCUT2D eigenvalue weighted by Crippen LogP contribution is -2.09. The molecule has 0 amide bonds. The molecule has 1 aromatic carbocycles. The van der Waals surface area contributed by atoms with Crippen LogP contribution in [0.3, 0.4) is 0 Å². The largest absolute Gasteiger partial charge is 0.447 e. The Kier molecular flexibility index (Phi) is 3.02. The molecule has 0 aliphatic heterocycles. The predicted octanol–water partition coefficient (Wildman–Crippen LogP) is 1.09. The van der Waals surface area contributed by atoms with Crippen molar-refractivity contribution in [2.24, 2.45) is 0 Å². The van der Waals surface area contributed by atoms with E-state index in [1.165, 1.54) is 18.2 Å². The Morgan fingerprint density at radius 2 is 2.36 bits per heavy atom. The van der Waals surface area contributed by atoms with Gasteiger partial charge in [0.1, 0.15) is 6.07 Å². The van der Waals surface area contributed by atoms with E-state index in [9.17, 15) is 9.18 Å². The van der Waals surface area contributed by atoms with E-state index in [0.717, 1.165) is 0 Å². The highest BCUT2D eigenvalue weighted by Gasteiger charge is 2.14. The highest BCUT2D eigenvalue weighted by Crippen LogP contribution is 2.15. The van der Waals surface area contributed by atoms with Crippen molar-refractivity contribution in [1.29, 1.82) is 5.26 Å². The van der Waals surface area contributed by atoms with Gasteiger partial charge in [-0.25, -0.2) is 9.18 Å². The maximum atomic E-state index is 13.2. The number of hydrogen-bond donors (Lipinski definition) is 1. The van der Waals surface area contributed by atoms with Gasteiger partial charge >= 0.3 is 5.97 Å². The van der Waals surface area contributed by atoms with Crippen LogP contribution in [0.1, 0.15) is 10.4 Å². The van der Waals surface area contributed by atoms with Gasteiger partial charge in [0.25, 0.3) is 0 Å². The summed E-state index contributed by atoms with van der Waals surface area (Å²) in [5, 5.41) is 8.14. The first-order valence-electron chi connectivity index (χ1n) is 3.75. The van der Waals surface area contributed by atoms with E-state index >= 15 is 0 Å². The van der Waals surface area contributed by atoms with Gasteiger partial charge in [0, 0.05) is 0 Å². The maximum absolute atomic E-state index is 13.2. The van der Waals surface area contributed by atoms with Crippen LogP contribution in [-0.2, 0) is 4.74 Å². The standard InChI is InChI=1S/C9H7FN2O2/c10-8-6(2-1-3-7(8)12)9(13)14-5-4-11/h1-3H,5,12H2. The zero-order valence-corrected chi connectivity index (χ0v) is 7.16. The van der Waals surface area contributed by atoms with Crippen molar-refractivity contribution in [1.82, 2.24) is 0 Å². The SMILES string of the molecule is N#CCOC(=O)c1cccc(N)c1F. The van der Waals surface area contributed by atoms with E-state index in [-0.39, 0.29) is 11.3 Å². The third-order valence-corrected chi connectivity index (χ3v) is 1.52. The predicted molar refractivity (Wildman–Crippen MR) is 46.7 cm³/mol. The van der Waals surface area contributed by atoms with Crippen molar-refractivity contribution in [2.75, 3.05) is 12.3 Å². The van der Waals surface area contributed by atoms with Crippen LogP contribution < -0.4 is 5.73 Å². The van der Waals surface area contributed by atoms with Gasteiger partial charge in [-0.3, -0.25) is 0 Å². The summed E-state index contributed by atoms with van der Waals surface area (Å²) in [5.41, 5.74) is 4.85. The summed E-state index contributed by atoms with van der Waals surface area (Å²) < 4.78 is 17.6. The molecule has 0 saturated carbocycles. The van der Waals surface area contributed by atoms with E-state index < -0.39 is 18.4 Å². The summed E-state index contributed by atoms with van der Waals surface area (Å²) in [7, 11) is 0. The fourth-order valence-corrected chi connectivity index (χ4v) is 0.883. The number of anilines is 1. The first-order chi connectivity index (χ1) is 6.66. The molecular weight excluding hydrogens is 187 g/mol. The summed E-state index contributed by atoms with van der Waals surface area (Å²) in [5.74, 6) is -1.72. The zero-order valence-electron chi connectivity index (χ0n) is 7.16. The molecule has 2 N–H and O–H groups in total. The van der Waals surface area contributed by atoms with Crippen LogP contribution in [0, 0.1) is 17.1 Å². The second-order valence-corrected chi connectivity index (χ2v) is 2.44. The number of rotatable bonds is 2. The molecule has 0 radical (unpaired) electrons. The maximum Gasteiger partial charge on any atom is 0.342 e. The van der Waals surface area contributed by atoms with Crippen LogP contribution in [0.25, 0.3) is 0 Å². The second-order valence-electron chi connectivity index (χ2n) is 2.44. The van der Waals surface area contributed by atoms with Gasteiger partial charge in [0.15, 0.2) is 12.4 Å². The summed E-state index contributed by atoms with van der Waals surface area (Å²) in [6.07, 6.45) is 0. The number of nitriles is 1. The zero-order chi connectivity index (χ0) is 10.6. The summed E-state index contributed by atoms with van der Waals surface area (Å²) in [6, 6.07) is 5.61. The minimum absolute atomic E-state index is 0.128. The smallest absolute Gasteiger partial charge is 0.342 e. The number of ether oxygens (including phenoxy) is 1. The number of carbonyl (C=O) groups excluding carboxylic acids is 1. The van der Waals surface area contributed by atoms with E-state index in [1.54, 1.807) is 6.07 Å². The minimum Gasteiger partial charge on any atom is -0.447 e. The number of nitrogen functional groups attached to an aromatic ring is 1. The monoisotopic (exact) mass is 194 g/mol. The van der Waals surface area contributed by atoms with E-state index in [4.69, 9.17) is 11.0 Å². The molecule has 0 heterocycles. The average Bonchev–Trinajstić information content (AvgIpc) is 2.18. The van der Waals surface area contributed by atoms with Crippen LogP contribution >= 0.6 is 0 Å². The quantitative estimate of drug-likeness (QED) is 0.564. The Labute approximate surface area is 79.7 Å². The molecule has 5 heteroatoms. The van der Waals surface area contributed by atoms with Crippen molar-refractivity contribution in [3.8, 4) is 6.07 Å². The van der Waals surface area contributed by atoms with E-state index in [0.29, 0.717) is 0 Å². The van der Waals surface area contributed by atoms with E-state index in [2.05, 4.69) is 4.74 Å². The van der Waals surface area contributed by atoms with Gasteiger partial charge in [0.2, 0.25) is 0 Å². The van der Waals surface area contributed by atoms with Gasteiger partial charge in [-0.05, 0) is 12.1 Å².